The van der Waals surface area contributed by atoms with E-state index in [1.807, 2.05) is 20.9 Å². The highest BCUT2D eigenvalue weighted by Crippen LogP contribution is 2.35. The molecule has 0 spiro atoms. The van der Waals surface area contributed by atoms with E-state index in [0.717, 1.165) is 18.8 Å². The molecule has 0 heterocycles. The van der Waals surface area contributed by atoms with Crippen LogP contribution in [0.1, 0.15) is 47.0 Å². The number of carbonyl (C=O) groups excluding carboxylic acids is 1. The van der Waals surface area contributed by atoms with Crippen LogP contribution in [-0.2, 0) is 4.79 Å². The van der Waals surface area contributed by atoms with Gasteiger partial charge in [-0.3, -0.25) is 4.79 Å². The van der Waals surface area contributed by atoms with Gasteiger partial charge in [0.2, 0.25) is 0 Å². The molecule has 1 N–H and O–H groups in total. The minimum atomic E-state index is -0.356. The quantitative estimate of drug-likeness (QED) is 0.777. The minimum absolute atomic E-state index is 0.277. The van der Waals surface area contributed by atoms with Crippen LogP contribution in [0.25, 0.3) is 0 Å². The smallest absolute Gasteiger partial charge is 0.155 e. The summed E-state index contributed by atoms with van der Waals surface area (Å²) in [6.45, 7) is 8.54. The van der Waals surface area contributed by atoms with Crippen molar-refractivity contribution in [1.82, 2.24) is 5.32 Å². The number of ketones is 1. The first kappa shape index (κ1) is 12.7. The summed E-state index contributed by atoms with van der Waals surface area (Å²) >= 11 is 0. The van der Waals surface area contributed by atoms with Gasteiger partial charge in [-0.15, -0.1) is 0 Å². The third-order valence-corrected chi connectivity index (χ3v) is 4.21. The Morgan fingerprint density at radius 1 is 1.20 bits per heavy atom. The van der Waals surface area contributed by atoms with Gasteiger partial charge in [-0.1, -0.05) is 13.8 Å². The molecule has 1 aliphatic carbocycles. The van der Waals surface area contributed by atoms with Crippen molar-refractivity contribution in [3.63, 3.8) is 0 Å². The summed E-state index contributed by atoms with van der Waals surface area (Å²) in [6.07, 6.45) is 3.36. The van der Waals surface area contributed by atoms with Gasteiger partial charge in [0, 0.05) is 5.92 Å². The molecule has 0 radical (unpaired) electrons. The molecule has 0 bridgehead atoms. The van der Waals surface area contributed by atoms with E-state index in [-0.39, 0.29) is 11.5 Å². The second kappa shape index (κ2) is 4.65. The van der Waals surface area contributed by atoms with E-state index >= 15 is 0 Å². The number of likely N-dealkylation sites (N-methyl/N-ethyl adjacent to an activating group) is 1. The lowest BCUT2D eigenvalue weighted by atomic mass is 9.71. The number of rotatable bonds is 3. The molecule has 1 aliphatic rings. The number of hydrogen-bond acceptors (Lipinski definition) is 2. The molecule has 0 aliphatic heterocycles. The summed E-state index contributed by atoms with van der Waals surface area (Å²) in [7, 11) is 1.87. The van der Waals surface area contributed by atoms with Crippen LogP contribution >= 0.6 is 0 Å². The lowest BCUT2D eigenvalue weighted by molar-refractivity contribution is -0.129. The van der Waals surface area contributed by atoms with Gasteiger partial charge in [-0.25, -0.2) is 0 Å². The van der Waals surface area contributed by atoms with Crippen LogP contribution in [0.4, 0.5) is 0 Å². The molecule has 2 nitrogen and oxygen atoms in total. The summed E-state index contributed by atoms with van der Waals surface area (Å²) in [4.78, 5) is 12.2. The number of hydrogen-bond donors (Lipinski definition) is 1. The highest BCUT2D eigenvalue weighted by atomic mass is 16.1. The average Bonchev–Trinajstić information content (AvgIpc) is 2.21. The fourth-order valence-electron chi connectivity index (χ4n) is 2.42. The van der Waals surface area contributed by atoms with Gasteiger partial charge in [-0.05, 0) is 52.0 Å². The Hall–Kier alpha value is -0.370. The van der Waals surface area contributed by atoms with Crippen molar-refractivity contribution in [2.24, 2.45) is 17.8 Å². The second-order valence-electron chi connectivity index (χ2n) is 5.70. The molecule has 15 heavy (non-hydrogen) atoms. The van der Waals surface area contributed by atoms with Crippen LogP contribution < -0.4 is 5.32 Å². The number of nitrogens with one attached hydrogen (secondary N) is 1. The van der Waals surface area contributed by atoms with Crippen LogP contribution in [0.15, 0.2) is 0 Å². The van der Waals surface area contributed by atoms with E-state index in [2.05, 4.69) is 19.2 Å². The first-order valence-corrected chi connectivity index (χ1v) is 6.11. The first-order valence-electron chi connectivity index (χ1n) is 6.11. The van der Waals surface area contributed by atoms with Crippen molar-refractivity contribution in [3.05, 3.63) is 0 Å². The molecular weight excluding hydrogens is 186 g/mol. The van der Waals surface area contributed by atoms with E-state index in [1.54, 1.807) is 0 Å². The van der Waals surface area contributed by atoms with Gasteiger partial charge in [0.25, 0.3) is 0 Å². The molecule has 0 aromatic heterocycles. The Bertz CT molecular complexity index is 235. The van der Waals surface area contributed by atoms with Crippen molar-refractivity contribution < 1.29 is 4.79 Å². The van der Waals surface area contributed by atoms with E-state index in [1.165, 1.54) is 6.42 Å². The summed E-state index contributed by atoms with van der Waals surface area (Å²) < 4.78 is 0. The Morgan fingerprint density at radius 3 is 2.27 bits per heavy atom. The van der Waals surface area contributed by atoms with E-state index in [9.17, 15) is 4.79 Å². The molecule has 0 aromatic rings. The van der Waals surface area contributed by atoms with Crippen molar-refractivity contribution >= 4 is 5.78 Å². The molecule has 0 saturated heterocycles. The summed E-state index contributed by atoms with van der Waals surface area (Å²) in [5.74, 6) is 2.15. The molecule has 1 saturated carbocycles. The highest BCUT2D eigenvalue weighted by Gasteiger charge is 2.36. The third-order valence-electron chi connectivity index (χ3n) is 4.21. The van der Waals surface area contributed by atoms with Crippen molar-refractivity contribution in [2.75, 3.05) is 7.05 Å². The summed E-state index contributed by atoms with van der Waals surface area (Å²) in [6, 6.07) is 0. The van der Waals surface area contributed by atoms with Gasteiger partial charge in [-0.2, -0.15) is 0 Å². The topological polar surface area (TPSA) is 29.1 Å². The molecular formula is C13H25NO. The maximum absolute atomic E-state index is 12.2. The van der Waals surface area contributed by atoms with Crippen LogP contribution in [0.3, 0.4) is 0 Å². The summed E-state index contributed by atoms with van der Waals surface area (Å²) in [5, 5.41) is 3.11. The SMILES string of the molecule is CNC(C)(C)C(=O)C1CCC(C)C(C)C1. The normalized spacial score (nSPS) is 32.7. The van der Waals surface area contributed by atoms with Crippen LogP contribution in [0.2, 0.25) is 0 Å². The lowest BCUT2D eigenvalue weighted by Crippen LogP contribution is -2.48. The van der Waals surface area contributed by atoms with Gasteiger partial charge in [0.1, 0.15) is 0 Å². The van der Waals surface area contributed by atoms with Crippen molar-refractivity contribution in [1.29, 1.82) is 0 Å². The standard InChI is InChI=1S/C13H25NO/c1-9-6-7-11(8-10(9)2)12(15)13(3,4)14-5/h9-11,14H,6-8H2,1-5H3. The lowest BCUT2D eigenvalue weighted by Gasteiger charge is -2.35. The largest absolute Gasteiger partial charge is 0.308 e. The highest BCUT2D eigenvalue weighted by molar-refractivity contribution is 5.89. The Kier molecular flexibility index (Phi) is 3.93. The first-order chi connectivity index (χ1) is 6.88. The maximum Gasteiger partial charge on any atom is 0.155 e. The molecule has 3 atom stereocenters. The average molecular weight is 211 g/mol. The van der Waals surface area contributed by atoms with Crippen LogP contribution in [0.5, 0.6) is 0 Å². The third kappa shape index (κ3) is 2.81. The van der Waals surface area contributed by atoms with Crippen LogP contribution in [0, 0.1) is 17.8 Å². The van der Waals surface area contributed by atoms with Gasteiger partial charge in [0.15, 0.2) is 5.78 Å². The molecule has 1 fully saturated rings. The predicted molar refractivity (Wildman–Crippen MR) is 63.8 cm³/mol. The van der Waals surface area contributed by atoms with Gasteiger partial charge >= 0.3 is 0 Å². The molecule has 3 unspecified atom stereocenters. The second-order valence-corrected chi connectivity index (χ2v) is 5.70. The fraction of sp³-hybridized carbons (Fsp3) is 0.923. The van der Waals surface area contributed by atoms with Gasteiger partial charge < -0.3 is 5.32 Å². The van der Waals surface area contributed by atoms with E-state index in [4.69, 9.17) is 0 Å². The van der Waals surface area contributed by atoms with Crippen LogP contribution in [-0.4, -0.2) is 18.4 Å². The van der Waals surface area contributed by atoms with Crippen molar-refractivity contribution in [3.8, 4) is 0 Å². The summed E-state index contributed by atoms with van der Waals surface area (Å²) in [5.41, 5.74) is -0.356. The monoisotopic (exact) mass is 211 g/mol. The van der Waals surface area contributed by atoms with Gasteiger partial charge in [0.05, 0.1) is 5.54 Å². The van der Waals surface area contributed by atoms with Crippen molar-refractivity contribution in [2.45, 2.75) is 52.5 Å². The molecule has 1 rings (SSSR count). The number of carbonyl (C=O) groups is 1. The maximum atomic E-state index is 12.2. The number of Topliss-reactive ketones (excluding diaryl/α,β-unsaturated/α-hetero) is 1. The Balaban J connectivity index is 2.62. The molecule has 2 heteroatoms. The Labute approximate surface area is 93.8 Å². The minimum Gasteiger partial charge on any atom is -0.308 e. The fourth-order valence-corrected chi connectivity index (χ4v) is 2.42. The predicted octanol–water partition coefficient (Wildman–Crippen LogP) is 2.63. The zero-order valence-electron chi connectivity index (χ0n) is 10.8. The van der Waals surface area contributed by atoms with E-state index < -0.39 is 0 Å². The molecule has 0 aromatic carbocycles. The molecule has 88 valence electrons. The zero-order chi connectivity index (χ0) is 11.6. The van der Waals surface area contributed by atoms with E-state index in [0.29, 0.717) is 11.7 Å². The molecule has 0 amide bonds. The Morgan fingerprint density at radius 2 is 1.80 bits per heavy atom. The zero-order valence-corrected chi connectivity index (χ0v) is 10.8.